The molecule has 0 aliphatic carbocycles. The number of anilines is 1. The second-order valence-electron chi connectivity index (χ2n) is 4.34. The van der Waals surface area contributed by atoms with Crippen LogP contribution in [0, 0.1) is 0 Å². The quantitative estimate of drug-likeness (QED) is 0.739. The fourth-order valence-corrected chi connectivity index (χ4v) is 2.41. The van der Waals surface area contributed by atoms with Gasteiger partial charge in [-0.25, -0.2) is 4.98 Å². The number of benzene rings is 1. The monoisotopic (exact) mass is 361 g/mol. The third-order valence-electron chi connectivity index (χ3n) is 2.88. The second kappa shape index (κ2) is 5.79. The number of rotatable bonds is 2. The molecule has 4 nitrogen and oxygen atoms in total. The van der Waals surface area contributed by atoms with Gasteiger partial charge in [0.15, 0.2) is 0 Å². The van der Waals surface area contributed by atoms with Crippen molar-refractivity contribution >= 4 is 50.0 Å². The zero-order chi connectivity index (χ0) is 14.8. The van der Waals surface area contributed by atoms with Gasteiger partial charge in [-0.3, -0.25) is 9.78 Å². The van der Waals surface area contributed by atoms with Crippen LogP contribution in [-0.4, -0.2) is 15.9 Å². The van der Waals surface area contributed by atoms with Crippen LogP contribution >= 0.6 is 27.5 Å². The van der Waals surface area contributed by atoms with Crippen LogP contribution in [0.15, 0.2) is 53.3 Å². The Morgan fingerprint density at radius 1 is 1.19 bits per heavy atom. The number of hydrogen-bond donors (Lipinski definition) is 1. The summed E-state index contributed by atoms with van der Waals surface area (Å²) < 4.78 is 0.814. The molecular weight excluding hydrogens is 354 g/mol. The molecule has 0 bridgehead atoms. The summed E-state index contributed by atoms with van der Waals surface area (Å²) in [6.45, 7) is 0. The molecule has 0 aliphatic heterocycles. The van der Waals surface area contributed by atoms with Gasteiger partial charge in [0.2, 0.25) is 0 Å². The van der Waals surface area contributed by atoms with Crippen molar-refractivity contribution in [2.75, 3.05) is 5.32 Å². The predicted molar refractivity (Wildman–Crippen MR) is 86.6 cm³/mol. The number of nitrogens with one attached hydrogen (secondary N) is 1. The van der Waals surface area contributed by atoms with Gasteiger partial charge in [0.25, 0.3) is 5.91 Å². The molecule has 0 radical (unpaired) electrons. The molecule has 3 rings (SSSR count). The first-order valence-electron chi connectivity index (χ1n) is 6.11. The van der Waals surface area contributed by atoms with Gasteiger partial charge in [-0.1, -0.05) is 17.7 Å². The van der Waals surface area contributed by atoms with Gasteiger partial charge >= 0.3 is 0 Å². The van der Waals surface area contributed by atoms with Crippen molar-refractivity contribution in [1.82, 2.24) is 9.97 Å². The molecule has 0 aliphatic rings. The molecule has 1 N–H and O–H groups in total. The second-order valence-corrected chi connectivity index (χ2v) is 5.70. The maximum absolute atomic E-state index is 12.2. The van der Waals surface area contributed by atoms with Gasteiger partial charge < -0.3 is 5.32 Å². The Kier molecular flexibility index (Phi) is 3.86. The molecule has 6 heteroatoms. The summed E-state index contributed by atoms with van der Waals surface area (Å²) in [6.07, 6.45) is 3.24. The summed E-state index contributed by atoms with van der Waals surface area (Å²) in [6, 6.07) is 10.6. The molecule has 0 saturated carbocycles. The molecule has 0 saturated heterocycles. The number of fused-ring (bicyclic) bond motifs is 1. The van der Waals surface area contributed by atoms with Crippen molar-refractivity contribution in [3.63, 3.8) is 0 Å². The number of nitrogens with zero attached hydrogens (tertiary/aromatic N) is 2. The van der Waals surface area contributed by atoms with Crippen LogP contribution < -0.4 is 5.32 Å². The lowest BCUT2D eigenvalue weighted by molar-refractivity contribution is 0.102. The Morgan fingerprint density at radius 3 is 2.81 bits per heavy atom. The summed E-state index contributed by atoms with van der Waals surface area (Å²) >= 11 is 9.35. The molecule has 2 heterocycles. The van der Waals surface area contributed by atoms with E-state index in [0.29, 0.717) is 21.9 Å². The lowest BCUT2D eigenvalue weighted by Gasteiger charge is -2.08. The minimum atomic E-state index is -0.309. The van der Waals surface area contributed by atoms with Crippen LogP contribution in [0.3, 0.4) is 0 Å². The molecule has 1 amide bonds. The molecular formula is C15H9BrClN3O. The van der Waals surface area contributed by atoms with Crippen molar-refractivity contribution < 1.29 is 4.79 Å². The maximum Gasteiger partial charge on any atom is 0.274 e. The van der Waals surface area contributed by atoms with Crippen LogP contribution in [0.4, 0.5) is 5.69 Å². The maximum atomic E-state index is 12.2. The summed E-state index contributed by atoms with van der Waals surface area (Å²) in [5, 5.41) is 4.20. The number of pyridine rings is 2. The zero-order valence-corrected chi connectivity index (χ0v) is 13.0. The lowest BCUT2D eigenvalue weighted by Crippen LogP contribution is -2.14. The summed E-state index contributed by atoms with van der Waals surface area (Å²) in [5.41, 5.74) is 1.57. The fraction of sp³-hybridized carbons (Fsp3) is 0. The first-order valence-corrected chi connectivity index (χ1v) is 7.28. The summed E-state index contributed by atoms with van der Waals surface area (Å²) in [5.74, 6) is -0.309. The van der Waals surface area contributed by atoms with E-state index in [1.807, 2.05) is 12.1 Å². The van der Waals surface area contributed by atoms with E-state index in [9.17, 15) is 4.79 Å². The highest BCUT2D eigenvalue weighted by Crippen LogP contribution is 2.26. The highest BCUT2D eigenvalue weighted by atomic mass is 79.9. The van der Waals surface area contributed by atoms with Crippen LogP contribution in [0.2, 0.25) is 5.02 Å². The molecule has 0 unspecified atom stereocenters. The predicted octanol–water partition coefficient (Wildman–Crippen LogP) is 4.30. The Morgan fingerprint density at radius 2 is 2.05 bits per heavy atom. The van der Waals surface area contributed by atoms with Gasteiger partial charge in [-0.05, 0) is 46.3 Å². The van der Waals surface area contributed by atoms with E-state index in [-0.39, 0.29) is 5.91 Å². The number of amides is 1. The van der Waals surface area contributed by atoms with E-state index < -0.39 is 0 Å². The first-order chi connectivity index (χ1) is 10.1. The smallest absolute Gasteiger partial charge is 0.274 e. The minimum absolute atomic E-state index is 0.309. The van der Waals surface area contributed by atoms with E-state index >= 15 is 0 Å². The molecule has 0 fully saturated rings. The van der Waals surface area contributed by atoms with Crippen LogP contribution in [-0.2, 0) is 0 Å². The topological polar surface area (TPSA) is 54.9 Å². The number of hydrogen-bond acceptors (Lipinski definition) is 3. The van der Waals surface area contributed by atoms with Gasteiger partial charge in [0, 0.05) is 27.3 Å². The third kappa shape index (κ3) is 3.04. The fourth-order valence-electron chi connectivity index (χ4n) is 1.95. The highest BCUT2D eigenvalue weighted by molar-refractivity contribution is 9.10. The van der Waals surface area contributed by atoms with E-state index in [4.69, 9.17) is 11.6 Å². The standard InChI is InChI=1S/C15H9BrClN3O/c16-10-3-4-12(19-8-10)15(21)20-13-7-11(17)6-9-2-1-5-18-14(9)13/h1-8H,(H,20,21). The Hall–Kier alpha value is -1.98. The lowest BCUT2D eigenvalue weighted by atomic mass is 10.2. The minimum Gasteiger partial charge on any atom is -0.319 e. The average Bonchev–Trinajstić information content (AvgIpc) is 2.47. The molecule has 3 aromatic rings. The van der Waals surface area contributed by atoms with Gasteiger partial charge in [-0.15, -0.1) is 0 Å². The molecule has 1 aromatic carbocycles. The van der Waals surface area contributed by atoms with E-state index in [1.54, 1.807) is 36.7 Å². The molecule has 2 aromatic heterocycles. The highest BCUT2D eigenvalue weighted by Gasteiger charge is 2.11. The largest absolute Gasteiger partial charge is 0.319 e. The van der Waals surface area contributed by atoms with Crippen LogP contribution in [0.1, 0.15) is 10.5 Å². The van der Waals surface area contributed by atoms with Crippen LogP contribution in [0.25, 0.3) is 10.9 Å². The van der Waals surface area contributed by atoms with E-state index in [2.05, 4.69) is 31.2 Å². The number of carbonyl (C=O) groups is 1. The van der Waals surface area contributed by atoms with Gasteiger partial charge in [0.1, 0.15) is 5.69 Å². The Bertz CT molecular complexity index is 821. The average molecular weight is 363 g/mol. The number of halogens is 2. The van der Waals surface area contributed by atoms with Crippen LogP contribution in [0.5, 0.6) is 0 Å². The third-order valence-corrected chi connectivity index (χ3v) is 3.57. The SMILES string of the molecule is O=C(Nc1cc(Cl)cc2cccnc12)c1ccc(Br)cn1. The van der Waals surface area contributed by atoms with Crippen molar-refractivity contribution in [2.24, 2.45) is 0 Å². The molecule has 21 heavy (non-hydrogen) atoms. The summed E-state index contributed by atoms with van der Waals surface area (Å²) in [7, 11) is 0. The van der Waals surface area contributed by atoms with Gasteiger partial charge in [0.05, 0.1) is 11.2 Å². The normalized spacial score (nSPS) is 10.6. The Balaban J connectivity index is 1.98. The van der Waals surface area contributed by atoms with E-state index in [0.717, 1.165) is 9.86 Å². The number of carbonyl (C=O) groups excluding carboxylic acids is 1. The Labute approximate surface area is 134 Å². The summed E-state index contributed by atoms with van der Waals surface area (Å²) in [4.78, 5) is 20.6. The van der Waals surface area contributed by atoms with Crippen molar-refractivity contribution in [2.45, 2.75) is 0 Å². The molecule has 0 atom stereocenters. The van der Waals surface area contributed by atoms with Crippen molar-refractivity contribution in [3.8, 4) is 0 Å². The van der Waals surface area contributed by atoms with Gasteiger partial charge in [-0.2, -0.15) is 0 Å². The zero-order valence-electron chi connectivity index (χ0n) is 10.7. The molecule has 104 valence electrons. The van der Waals surface area contributed by atoms with Crippen molar-refractivity contribution in [1.29, 1.82) is 0 Å². The van der Waals surface area contributed by atoms with E-state index in [1.165, 1.54) is 0 Å². The van der Waals surface area contributed by atoms with Crippen molar-refractivity contribution in [3.05, 3.63) is 64.0 Å². The molecule has 0 spiro atoms. The first kappa shape index (κ1) is 14.0. The number of aromatic nitrogens is 2.